The van der Waals surface area contributed by atoms with E-state index in [0.29, 0.717) is 5.78 Å². The van der Waals surface area contributed by atoms with Gasteiger partial charge < -0.3 is 4.74 Å². The van der Waals surface area contributed by atoms with Gasteiger partial charge in [-0.25, -0.2) is 0 Å². The minimum absolute atomic E-state index is 0.203. The first-order chi connectivity index (χ1) is 10.2. The van der Waals surface area contributed by atoms with Crippen molar-refractivity contribution >= 4 is 21.7 Å². The highest BCUT2D eigenvalue weighted by Crippen LogP contribution is 2.40. The Morgan fingerprint density at radius 1 is 1.24 bits per heavy atom. The number of ether oxygens (including phenoxy) is 1. The lowest BCUT2D eigenvalue weighted by molar-refractivity contribution is -0.131. The number of Topliss-reactive ketones (excluding diaryl/α,β-unsaturated/α-hetero) is 1. The highest BCUT2D eigenvalue weighted by atomic mass is 79.9. The van der Waals surface area contributed by atoms with Crippen molar-refractivity contribution in [1.29, 1.82) is 0 Å². The summed E-state index contributed by atoms with van der Waals surface area (Å²) in [6.07, 6.45) is 9.88. The molecule has 1 fully saturated rings. The zero-order valence-electron chi connectivity index (χ0n) is 12.6. The summed E-state index contributed by atoms with van der Waals surface area (Å²) in [6, 6.07) is 8.11. The normalized spacial score (nSPS) is 22.7. The van der Waals surface area contributed by atoms with Gasteiger partial charge in [-0.1, -0.05) is 46.6 Å². The highest BCUT2D eigenvalue weighted by molar-refractivity contribution is 9.09. The van der Waals surface area contributed by atoms with Gasteiger partial charge in [-0.3, -0.25) is 4.79 Å². The molecule has 114 valence electrons. The van der Waals surface area contributed by atoms with Gasteiger partial charge in [0.1, 0.15) is 11.5 Å². The minimum Gasteiger partial charge on any atom is -0.497 e. The molecule has 1 saturated carbocycles. The zero-order chi connectivity index (χ0) is 15.1. The second-order valence-corrected chi connectivity index (χ2v) is 6.41. The molecule has 0 radical (unpaired) electrons. The van der Waals surface area contributed by atoms with Crippen molar-refractivity contribution in [3.63, 3.8) is 0 Å². The fourth-order valence-corrected chi connectivity index (χ4v) is 3.40. The number of alkyl halides is 1. The van der Waals surface area contributed by atoms with E-state index in [4.69, 9.17) is 4.74 Å². The molecule has 0 aromatic heterocycles. The van der Waals surface area contributed by atoms with Crippen LogP contribution in [0.3, 0.4) is 0 Å². The molecule has 21 heavy (non-hydrogen) atoms. The van der Waals surface area contributed by atoms with E-state index in [2.05, 4.69) is 40.2 Å². The molecule has 0 amide bonds. The van der Waals surface area contributed by atoms with Gasteiger partial charge in [0.25, 0.3) is 0 Å². The van der Waals surface area contributed by atoms with Crippen LogP contribution in [0.25, 0.3) is 0 Å². The second kappa shape index (κ2) is 7.79. The van der Waals surface area contributed by atoms with E-state index in [9.17, 15) is 4.79 Å². The van der Waals surface area contributed by atoms with Crippen molar-refractivity contribution in [3.8, 4) is 5.75 Å². The fourth-order valence-electron chi connectivity index (χ4n) is 3.13. The number of carbonyl (C=O) groups excluding carboxylic acids is 1. The Hall–Kier alpha value is -1.09. The Labute approximate surface area is 135 Å². The highest BCUT2D eigenvalue weighted by Gasteiger charge is 2.38. The van der Waals surface area contributed by atoms with Gasteiger partial charge in [-0.05, 0) is 43.4 Å². The predicted octanol–water partition coefficient (Wildman–Crippen LogP) is 4.71. The Kier molecular flexibility index (Phi) is 6.04. The average Bonchev–Trinajstić information content (AvgIpc) is 2.51. The molecule has 1 aliphatic rings. The van der Waals surface area contributed by atoms with Crippen molar-refractivity contribution in [2.24, 2.45) is 5.41 Å². The quantitative estimate of drug-likeness (QED) is 0.548. The van der Waals surface area contributed by atoms with Gasteiger partial charge in [0.2, 0.25) is 0 Å². The Morgan fingerprint density at radius 2 is 2.00 bits per heavy atom. The molecule has 0 saturated heterocycles. The SMILES string of the molecule is COc1ccc(CC2(C/C=C/CBr)CCCCC2=O)cc1. The first-order valence-corrected chi connectivity index (χ1v) is 8.69. The summed E-state index contributed by atoms with van der Waals surface area (Å²) in [6.45, 7) is 0. The fraction of sp³-hybridized carbons (Fsp3) is 0.500. The third kappa shape index (κ3) is 4.19. The summed E-state index contributed by atoms with van der Waals surface area (Å²) in [5.74, 6) is 1.30. The molecule has 2 rings (SSSR count). The zero-order valence-corrected chi connectivity index (χ0v) is 14.2. The molecule has 0 heterocycles. The molecule has 0 N–H and O–H groups in total. The summed E-state index contributed by atoms with van der Waals surface area (Å²) in [5, 5.41) is 0.847. The third-order valence-corrected chi connectivity index (χ3v) is 4.74. The lowest BCUT2D eigenvalue weighted by Gasteiger charge is -2.35. The van der Waals surface area contributed by atoms with Crippen LogP contribution in [0.2, 0.25) is 0 Å². The molecule has 0 aliphatic heterocycles. The van der Waals surface area contributed by atoms with Crippen LogP contribution in [0.1, 0.15) is 37.7 Å². The molecule has 1 aromatic carbocycles. The van der Waals surface area contributed by atoms with Gasteiger partial charge in [0, 0.05) is 17.2 Å². The Bertz CT molecular complexity index is 492. The van der Waals surface area contributed by atoms with Crippen molar-refractivity contribution in [3.05, 3.63) is 42.0 Å². The van der Waals surface area contributed by atoms with Gasteiger partial charge >= 0.3 is 0 Å². The van der Waals surface area contributed by atoms with E-state index in [1.54, 1.807) is 7.11 Å². The van der Waals surface area contributed by atoms with Crippen molar-refractivity contribution < 1.29 is 9.53 Å². The standard InChI is InChI=1S/C18H23BrO2/c1-21-16-9-7-15(8-10-16)14-18(12-4-5-13-19)11-3-2-6-17(18)20/h4-5,7-10H,2-3,6,11-14H2,1H3/b5-4+. The number of hydrogen-bond donors (Lipinski definition) is 0. The lowest BCUT2D eigenvalue weighted by Crippen LogP contribution is -2.36. The molecule has 3 heteroatoms. The topological polar surface area (TPSA) is 26.3 Å². The molecule has 0 spiro atoms. The summed E-state index contributed by atoms with van der Waals surface area (Å²) >= 11 is 3.40. The Morgan fingerprint density at radius 3 is 2.62 bits per heavy atom. The predicted molar refractivity (Wildman–Crippen MR) is 90.2 cm³/mol. The van der Waals surface area contributed by atoms with Crippen LogP contribution in [-0.4, -0.2) is 18.2 Å². The number of hydrogen-bond acceptors (Lipinski definition) is 2. The number of benzene rings is 1. The monoisotopic (exact) mass is 350 g/mol. The van der Waals surface area contributed by atoms with E-state index in [1.807, 2.05) is 12.1 Å². The smallest absolute Gasteiger partial charge is 0.139 e. The maximum atomic E-state index is 12.6. The third-order valence-electron chi connectivity index (χ3n) is 4.37. The summed E-state index contributed by atoms with van der Waals surface area (Å²) < 4.78 is 5.20. The van der Waals surface area contributed by atoms with E-state index >= 15 is 0 Å². The van der Waals surface area contributed by atoms with Crippen LogP contribution in [0.4, 0.5) is 0 Å². The average molecular weight is 351 g/mol. The van der Waals surface area contributed by atoms with E-state index in [0.717, 1.165) is 49.6 Å². The van der Waals surface area contributed by atoms with Crippen LogP contribution in [-0.2, 0) is 11.2 Å². The lowest BCUT2D eigenvalue weighted by atomic mass is 9.67. The van der Waals surface area contributed by atoms with E-state index < -0.39 is 0 Å². The number of allylic oxidation sites excluding steroid dienone is 2. The first-order valence-electron chi connectivity index (χ1n) is 7.57. The Balaban J connectivity index is 2.17. The van der Waals surface area contributed by atoms with Crippen LogP contribution < -0.4 is 4.74 Å². The molecular weight excluding hydrogens is 328 g/mol. The minimum atomic E-state index is -0.203. The van der Waals surface area contributed by atoms with Gasteiger partial charge in [0.15, 0.2) is 0 Å². The largest absolute Gasteiger partial charge is 0.497 e. The molecular formula is C18H23BrO2. The second-order valence-electron chi connectivity index (χ2n) is 5.77. The number of methoxy groups -OCH3 is 1. The number of rotatable bonds is 6. The maximum absolute atomic E-state index is 12.6. The summed E-state index contributed by atoms with van der Waals surface area (Å²) in [4.78, 5) is 12.6. The van der Waals surface area contributed by atoms with Crippen molar-refractivity contribution in [2.45, 2.75) is 38.5 Å². The summed E-state index contributed by atoms with van der Waals surface area (Å²) in [7, 11) is 1.67. The molecule has 1 atom stereocenters. The van der Waals surface area contributed by atoms with E-state index in [1.165, 1.54) is 5.56 Å². The van der Waals surface area contributed by atoms with Crippen molar-refractivity contribution in [1.82, 2.24) is 0 Å². The maximum Gasteiger partial charge on any atom is 0.139 e. The van der Waals surface area contributed by atoms with Gasteiger partial charge in [0.05, 0.1) is 7.11 Å². The number of halogens is 1. The van der Waals surface area contributed by atoms with Gasteiger partial charge in [-0.15, -0.1) is 0 Å². The van der Waals surface area contributed by atoms with Crippen LogP contribution in [0, 0.1) is 5.41 Å². The molecule has 1 unspecified atom stereocenters. The van der Waals surface area contributed by atoms with Crippen LogP contribution in [0.5, 0.6) is 5.75 Å². The van der Waals surface area contributed by atoms with Gasteiger partial charge in [-0.2, -0.15) is 0 Å². The molecule has 2 nitrogen and oxygen atoms in total. The van der Waals surface area contributed by atoms with Crippen LogP contribution in [0.15, 0.2) is 36.4 Å². The number of ketones is 1. The molecule has 1 aliphatic carbocycles. The van der Waals surface area contributed by atoms with Crippen LogP contribution >= 0.6 is 15.9 Å². The number of carbonyl (C=O) groups is 1. The molecule has 0 bridgehead atoms. The van der Waals surface area contributed by atoms with E-state index in [-0.39, 0.29) is 5.41 Å². The summed E-state index contributed by atoms with van der Waals surface area (Å²) in [5.41, 5.74) is 1.02. The first kappa shape index (κ1) is 16.3. The van der Waals surface area contributed by atoms with Crippen molar-refractivity contribution in [2.75, 3.05) is 12.4 Å². The molecule has 1 aromatic rings.